The monoisotopic (exact) mass is 299 g/mol. The fourth-order valence-corrected chi connectivity index (χ4v) is 2.93. The van der Waals surface area contributed by atoms with Gasteiger partial charge in [-0.15, -0.1) is 0 Å². The van der Waals surface area contributed by atoms with Gasteiger partial charge in [-0.3, -0.25) is 4.79 Å². The fraction of sp³-hybridized carbons (Fsp3) is 0.412. The molecule has 0 bridgehead atoms. The minimum absolute atomic E-state index is 0.173. The third kappa shape index (κ3) is 2.71. The Bertz CT molecular complexity index is 683. The SMILES string of the molecule is Cc1oc(C)c(C(=O)Nc2ccc(N3CCCC3)cn2)c1C. The van der Waals surface area contributed by atoms with E-state index in [9.17, 15) is 4.79 Å². The molecule has 5 nitrogen and oxygen atoms in total. The fourth-order valence-electron chi connectivity index (χ4n) is 2.93. The summed E-state index contributed by atoms with van der Waals surface area (Å²) < 4.78 is 5.50. The number of carbonyl (C=O) groups excluding carboxylic acids is 1. The number of carbonyl (C=O) groups is 1. The summed E-state index contributed by atoms with van der Waals surface area (Å²) in [5, 5.41) is 2.84. The number of hydrogen-bond donors (Lipinski definition) is 1. The number of furan rings is 1. The van der Waals surface area contributed by atoms with Crippen LogP contribution in [0.5, 0.6) is 0 Å². The third-order valence-corrected chi connectivity index (χ3v) is 4.25. The Kier molecular flexibility index (Phi) is 3.88. The average molecular weight is 299 g/mol. The molecule has 1 amide bonds. The maximum absolute atomic E-state index is 12.4. The highest BCUT2D eigenvalue weighted by molar-refractivity contribution is 6.05. The van der Waals surface area contributed by atoms with Gasteiger partial charge in [0, 0.05) is 18.7 Å². The highest BCUT2D eigenvalue weighted by Gasteiger charge is 2.19. The molecule has 0 aromatic carbocycles. The summed E-state index contributed by atoms with van der Waals surface area (Å²) in [6, 6.07) is 3.86. The van der Waals surface area contributed by atoms with Crippen molar-refractivity contribution in [2.75, 3.05) is 23.3 Å². The first kappa shape index (κ1) is 14.6. The zero-order chi connectivity index (χ0) is 15.7. The highest BCUT2D eigenvalue weighted by Crippen LogP contribution is 2.23. The van der Waals surface area contributed by atoms with Gasteiger partial charge in [0.1, 0.15) is 17.3 Å². The van der Waals surface area contributed by atoms with Gasteiger partial charge in [-0.2, -0.15) is 0 Å². The lowest BCUT2D eigenvalue weighted by molar-refractivity contribution is 0.102. The van der Waals surface area contributed by atoms with Crippen molar-refractivity contribution in [3.05, 3.63) is 41.0 Å². The molecule has 116 valence electrons. The zero-order valence-electron chi connectivity index (χ0n) is 13.3. The van der Waals surface area contributed by atoms with Crippen molar-refractivity contribution in [2.45, 2.75) is 33.6 Å². The molecule has 1 N–H and O–H groups in total. The van der Waals surface area contributed by atoms with Crippen LogP contribution in [0, 0.1) is 20.8 Å². The van der Waals surface area contributed by atoms with Crippen molar-refractivity contribution in [2.24, 2.45) is 0 Å². The number of anilines is 2. The molecule has 1 aliphatic rings. The largest absolute Gasteiger partial charge is 0.466 e. The number of nitrogens with one attached hydrogen (secondary N) is 1. The van der Waals surface area contributed by atoms with E-state index in [1.54, 1.807) is 6.92 Å². The van der Waals surface area contributed by atoms with Crippen LogP contribution in [0.1, 0.15) is 40.3 Å². The highest BCUT2D eigenvalue weighted by atomic mass is 16.3. The second kappa shape index (κ2) is 5.83. The standard InChI is InChI=1S/C17H21N3O2/c1-11-12(2)22-13(3)16(11)17(21)19-15-7-6-14(10-18-15)20-8-4-5-9-20/h6-7,10H,4-5,8-9H2,1-3H3,(H,18,19,21). The normalized spacial score (nSPS) is 14.4. The van der Waals surface area contributed by atoms with E-state index in [0.29, 0.717) is 17.1 Å². The first-order chi connectivity index (χ1) is 10.6. The quantitative estimate of drug-likeness (QED) is 0.943. The second-order valence-electron chi connectivity index (χ2n) is 5.76. The Hall–Kier alpha value is -2.30. The molecule has 0 aliphatic carbocycles. The van der Waals surface area contributed by atoms with Gasteiger partial charge in [-0.25, -0.2) is 4.98 Å². The van der Waals surface area contributed by atoms with Crippen molar-refractivity contribution in [3.63, 3.8) is 0 Å². The first-order valence-electron chi connectivity index (χ1n) is 7.65. The molecule has 22 heavy (non-hydrogen) atoms. The summed E-state index contributed by atoms with van der Waals surface area (Å²) in [7, 11) is 0. The smallest absolute Gasteiger partial charge is 0.260 e. The predicted octanol–water partition coefficient (Wildman–Crippen LogP) is 3.45. The van der Waals surface area contributed by atoms with Crippen LogP contribution in [-0.4, -0.2) is 24.0 Å². The van der Waals surface area contributed by atoms with E-state index >= 15 is 0 Å². The van der Waals surface area contributed by atoms with E-state index in [1.807, 2.05) is 32.2 Å². The van der Waals surface area contributed by atoms with Crippen LogP contribution in [-0.2, 0) is 0 Å². The van der Waals surface area contributed by atoms with Crippen LogP contribution in [0.15, 0.2) is 22.7 Å². The molecule has 0 unspecified atom stereocenters. The van der Waals surface area contributed by atoms with Gasteiger partial charge in [0.15, 0.2) is 0 Å². The topological polar surface area (TPSA) is 58.4 Å². The predicted molar refractivity (Wildman–Crippen MR) is 86.6 cm³/mol. The molecular formula is C17H21N3O2. The average Bonchev–Trinajstić information content (AvgIpc) is 3.09. The number of rotatable bonds is 3. The van der Waals surface area contributed by atoms with Crippen molar-refractivity contribution in [1.82, 2.24) is 4.98 Å². The van der Waals surface area contributed by atoms with Crippen molar-refractivity contribution in [1.29, 1.82) is 0 Å². The Labute approximate surface area is 130 Å². The molecule has 2 aromatic heterocycles. The first-order valence-corrected chi connectivity index (χ1v) is 7.65. The molecule has 0 atom stereocenters. The molecule has 1 fully saturated rings. The van der Waals surface area contributed by atoms with Crippen LogP contribution >= 0.6 is 0 Å². The molecule has 1 aliphatic heterocycles. The van der Waals surface area contributed by atoms with Crippen LogP contribution in [0.4, 0.5) is 11.5 Å². The number of pyridine rings is 1. The Morgan fingerprint density at radius 1 is 1.18 bits per heavy atom. The molecule has 3 heterocycles. The molecule has 0 saturated carbocycles. The van der Waals surface area contributed by atoms with Crippen molar-refractivity contribution in [3.8, 4) is 0 Å². The van der Waals surface area contributed by atoms with E-state index in [1.165, 1.54) is 12.8 Å². The molecule has 0 radical (unpaired) electrons. The van der Waals surface area contributed by atoms with Crippen LogP contribution < -0.4 is 10.2 Å². The van der Waals surface area contributed by atoms with Gasteiger partial charge >= 0.3 is 0 Å². The maximum Gasteiger partial charge on any atom is 0.260 e. The minimum Gasteiger partial charge on any atom is -0.466 e. The Morgan fingerprint density at radius 2 is 1.91 bits per heavy atom. The van der Waals surface area contributed by atoms with E-state index in [2.05, 4.69) is 15.2 Å². The van der Waals surface area contributed by atoms with Crippen LogP contribution in [0.3, 0.4) is 0 Å². The van der Waals surface area contributed by atoms with Crippen molar-refractivity contribution >= 4 is 17.4 Å². The lowest BCUT2D eigenvalue weighted by atomic mass is 10.1. The summed E-state index contributed by atoms with van der Waals surface area (Å²) in [4.78, 5) is 19.1. The van der Waals surface area contributed by atoms with E-state index in [-0.39, 0.29) is 5.91 Å². The van der Waals surface area contributed by atoms with E-state index in [4.69, 9.17) is 4.42 Å². The molecule has 5 heteroatoms. The molecule has 2 aromatic rings. The molecular weight excluding hydrogens is 278 g/mol. The van der Waals surface area contributed by atoms with Gasteiger partial charge in [0.05, 0.1) is 17.4 Å². The Balaban J connectivity index is 1.74. The molecule has 3 rings (SSSR count). The van der Waals surface area contributed by atoms with Gasteiger partial charge in [0.2, 0.25) is 0 Å². The van der Waals surface area contributed by atoms with Crippen molar-refractivity contribution < 1.29 is 9.21 Å². The zero-order valence-corrected chi connectivity index (χ0v) is 13.3. The summed E-state index contributed by atoms with van der Waals surface area (Å²) >= 11 is 0. The summed E-state index contributed by atoms with van der Waals surface area (Å²) in [5.74, 6) is 1.81. The summed E-state index contributed by atoms with van der Waals surface area (Å²) in [6.45, 7) is 7.73. The van der Waals surface area contributed by atoms with E-state index in [0.717, 1.165) is 30.1 Å². The van der Waals surface area contributed by atoms with Gasteiger partial charge < -0.3 is 14.6 Å². The second-order valence-corrected chi connectivity index (χ2v) is 5.76. The molecule has 0 spiro atoms. The number of amides is 1. The Morgan fingerprint density at radius 3 is 2.45 bits per heavy atom. The maximum atomic E-state index is 12.4. The van der Waals surface area contributed by atoms with E-state index < -0.39 is 0 Å². The van der Waals surface area contributed by atoms with Gasteiger partial charge in [-0.1, -0.05) is 0 Å². The molecule has 1 saturated heterocycles. The number of nitrogens with zero attached hydrogens (tertiary/aromatic N) is 2. The van der Waals surface area contributed by atoms with Crippen LogP contribution in [0.2, 0.25) is 0 Å². The lowest BCUT2D eigenvalue weighted by Crippen LogP contribution is -2.18. The number of aryl methyl sites for hydroxylation is 2. The minimum atomic E-state index is -0.173. The van der Waals surface area contributed by atoms with Crippen LogP contribution in [0.25, 0.3) is 0 Å². The van der Waals surface area contributed by atoms with Gasteiger partial charge in [0.25, 0.3) is 5.91 Å². The van der Waals surface area contributed by atoms with Gasteiger partial charge in [-0.05, 0) is 45.7 Å². The number of hydrogen-bond acceptors (Lipinski definition) is 4. The third-order valence-electron chi connectivity index (χ3n) is 4.25. The summed E-state index contributed by atoms with van der Waals surface area (Å²) in [5.41, 5.74) is 2.59. The summed E-state index contributed by atoms with van der Waals surface area (Å²) in [6.07, 6.45) is 4.29. The lowest BCUT2D eigenvalue weighted by Gasteiger charge is -2.17. The number of aromatic nitrogens is 1.